The van der Waals surface area contributed by atoms with Gasteiger partial charge in [-0.3, -0.25) is 4.90 Å². The largest absolute Gasteiger partial charge is 0.508 e. The summed E-state index contributed by atoms with van der Waals surface area (Å²) in [7, 11) is 0. The van der Waals surface area contributed by atoms with E-state index >= 15 is 0 Å². The average molecular weight is 260 g/mol. The van der Waals surface area contributed by atoms with Crippen molar-refractivity contribution < 1.29 is 5.11 Å². The van der Waals surface area contributed by atoms with Crippen LogP contribution in [-0.2, 0) is 0 Å². The molecule has 4 atom stereocenters. The highest BCUT2D eigenvalue weighted by molar-refractivity contribution is 5.29. The maximum atomic E-state index is 9.66. The van der Waals surface area contributed by atoms with Gasteiger partial charge in [-0.05, 0) is 56.0 Å². The van der Waals surface area contributed by atoms with E-state index in [-0.39, 0.29) is 0 Å². The minimum atomic E-state index is 0.374. The molecule has 2 heterocycles. The lowest BCUT2D eigenvalue weighted by molar-refractivity contribution is 0.165. The van der Waals surface area contributed by atoms with Crippen molar-refractivity contribution in [2.24, 2.45) is 11.8 Å². The molecule has 3 heteroatoms. The highest BCUT2D eigenvalue weighted by Crippen LogP contribution is 2.39. The van der Waals surface area contributed by atoms with E-state index in [1.165, 1.54) is 31.6 Å². The zero-order valence-electron chi connectivity index (χ0n) is 11.8. The van der Waals surface area contributed by atoms with Gasteiger partial charge < -0.3 is 10.4 Å². The minimum absolute atomic E-state index is 0.374. The molecule has 2 aliphatic heterocycles. The summed E-state index contributed by atoms with van der Waals surface area (Å²) in [6.45, 7) is 8.10. The normalized spacial score (nSPS) is 32.4. The molecule has 0 spiro atoms. The predicted molar refractivity (Wildman–Crippen MR) is 77.2 cm³/mol. The average Bonchev–Trinajstić information content (AvgIpc) is 2.97. The summed E-state index contributed by atoms with van der Waals surface area (Å²) in [5.41, 5.74) is 1.23. The van der Waals surface area contributed by atoms with Crippen LogP contribution < -0.4 is 5.32 Å². The van der Waals surface area contributed by atoms with Gasteiger partial charge in [-0.1, -0.05) is 19.1 Å². The Labute approximate surface area is 115 Å². The third kappa shape index (κ3) is 2.26. The summed E-state index contributed by atoms with van der Waals surface area (Å²) < 4.78 is 0. The van der Waals surface area contributed by atoms with Crippen LogP contribution in [0.15, 0.2) is 24.3 Å². The Hall–Kier alpha value is -1.06. The number of rotatable bonds is 3. The van der Waals surface area contributed by atoms with Gasteiger partial charge >= 0.3 is 0 Å². The third-order valence-electron chi connectivity index (χ3n) is 5.03. The molecule has 0 aliphatic carbocycles. The van der Waals surface area contributed by atoms with Crippen LogP contribution in [0.3, 0.4) is 0 Å². The molecule has 19 heavy (non-hydrogen) atoms. The number of hydrogen-bond donors (Lipinski definition) is 2. The van der Waals surface area contributed by atoms with Crippen molar-refractivity contribution in [2.75, 3.05) is 19.6 Å². The Morgan fingerprint density at radius 1 is 1.42 bits per heavy atom. The van der Waals surface area contributed by atoms with Gasteiger partial charge in [-0.15, -0.1) is 0 Å². The molecule has 1 aromatic carbocycles. The lowest BCUT2D eigenvalue weighted by Gasteiger charge is -2.32. The highest BCUT2D eigenvalue weighted by Gasteiger charge is 2.44. The van der Waals surface area contributed by atoms with Crippen LogP contribution in [0.5, 0.6) is 5.75 Å². The summed E-state index contributed by atoms with van der Waals surface area (Å²) in [5.74, 6) is 1.99. The van der Waals surface area contributed by atoms with Crippen LogP contribution in [0.1, 0.15) is 31.9 Å². The first-order chi connectivity index (χ1) is 9.20. The molecule has 2 saturated heterocycles. The van der Waals surface area contributed by atoms with E-state index in [1.807, 2.05) is 12.1 Å². The SMILES string of the molecule is CCC1C2CNCC2CN1C(C)c1cccc(O)c1. The molecule has 3 rings (SSSR count). The lowest BCUT2D eigenvalue weighted by atomic mass is 9.92. The first kappa shape index (κ1) is 12.9. The van der Waals surface area contributed by atoms with E-state index in [0.29, 0.717) is 17.8 Å². The Morgan fingerprint density at radius 3 is 3.00 bits per heavy atom. The Morgan fingerprint density at radius 2 is 2.26 bits per heavy atom. The number of aromatic hydroxyl groups is 1. The van der Waals surface area contributed by atoms with Gasteiger partial charge in [0.2, 0.25) is 0 Å². The molecule has 4 unspecified atom stereocenters. The van der Waals surface area contributed by atoms with Crippen LogP contribution in [0, 0.1) is 11.8 Å². The van der Waals surface area contributed by atoms with Gasteiger partial charge in [0, 0.05) is 18.6 Å². The fraction of sp³-hybridized carbons (Fsp3) is 0.625. The van der Waals surface area contributed by atoms with Crippen LogP contribution >= 0.6 is 0 Å². The number of nitrogens with zero attached hydrogens (tertiary/aromatic N) is 1. The van der Waals surface area contributed by atoms with Crippen molar-refractivity contribution in [3.63, 3.8) is 0 Å². The van der Waals surface area contributed by atoms with Gasteiger partial charge in [0.1, 0.15) is 5.75 Å². The second kappa shape index (κ2) is 5.14. The van der Waals surface area contributed by atoms with Crippen LogP contribution in [0.2, 0.25) is 0 Å². The van der Waals surface area contributed by atoms with E-state index in [9.17, 15) is 5.11 Å². The zero-order chi connectivity index (χ0) is 13.4. The molecule has 0 amide bonds. The van der Waals surface area contributed by atoms with Crippen LogP contribution in [-0.4, -0.2) is 35.7 Å². The Balaban J connectivity index is 1.81. The van der Waals surface area contributed by atoms with Gasteiger partial charge in [-0.25, -0.2) is 0 Å². The Kier molecular flexibility index (Phi) is 3.50. The second-order valence-electron chi connectivity index (χ2n) is 6.03. The molecule has 0 aromatic heterocycles. The smallest absolute Gasteiger partial charge is 0.115 e. The fourth-order valence-electron chi connectivity index (χ4n) is 4.01. The van der Waals surface area contributed by atoms with E-state index in [0.717, 1.165) is 11.8 Å². The molecule has 0 radical (unpaired) electrons. The maximum absolute atomic E-state index is 9.66. The summed E-state index contributed by atoms with van der Waals surface area (Å²) in [6.07, 6.45) is 1.21. The van der Waals surface area contributed by atoms with Gasteiger partial charge in [0.25, 0.3) is 0 Å². The standard InChI is InChI=1S/C16H24N2O/c1-3-16-15-9-17-8-13(15)10-18(16)11(2)12-5-4-6-14(19)7-12/h4-7,11,13,15-17,19H,3,8-10H2,1-2H3. The number of hydrogen-bond acceptors (Lipinski definition) is 3. The molecule has 3 nitrogen and oxygen atoms in total. The van der Waals surface area contributed by atoms with E-state index in [1.54, 1.807) is 6.07 Å². The lowest BCUT2D eigenvalue weighted by Crippen LogP contribution is -2.36. The highest BCUT2D eigenvalue weighted by atomic mass is 16.3. The predicted octanol–water partition coefficient (Wildman–Crippen LogP) is 2.38. The summed E-state index contributed by atoms with van der Waals surface area (Å²) in [6, 6.07) is 8.80. The molecule has 0 bridgehead atoms. The summed E-state index contributed by atoms with van der Waals surface area (Å²) in [4.78, 5) is 2.64. The van der Waals surface area contributed by atoms with E-state index in [4.69, 9.17) is 0 Å². The summed E-state index contributed by atoms with van der Waals surface area (Å²) in [5, 5.41) is 13.2. The van der Waals surface area contributed by atoms with Gasteiger partial charge in [-0.2, -0.15) is 0 Å². The molecule has 2 N–H and O–H groups in total. The molecular weight excluding hydrogens is 236 g/mol. The van der Waals surface area contributed by atoms with Crippen molar-refractivity contribution in [1.82, 2.24) is 10.2 Å². The summed E-state index contributed by atoms with van der Waals surface area (Å²) >= 11 is 0. The molecule has 104 valence electrons. The van der Waals surface area contributed by atoms with Crippen LogP contribution in [0.25, 0.3) is 0 Å². The minimum Gasteiger partial charge on any atom is -0.508 e. The monoisotopic (exact) mass is 260 g/mol. The number of likely N-dealkylation sites (tertiary alicyclic amines) is 1. The van der Waals surface area contributed by atoms with Crippen molar-refractivity contribution >= 4 is 0 Å². The van der Waals surface area contributed by atoms with E-state index < -0.39 is 0 Å². The number of fused-ring (bicyclic) bond motifs is 1. The topological polar surface area (TPSA) is 35.5 Å². The van der Waals surface area contributed by atoms with Crippen molar-refractivity contribution in [1.29, 1.82) is 0 Å². The zero-order valence-corrected chi connectivity index (χ0v) is 11.8. The van der Waals surface area contributed by atoms with Crippen molar-refractivity contribution in [3.8, 4) is 5.75 Å². The quantitative estimate of drug-likeness (QED) is 0.876. The number of nitrogens with one attached hydrogen (secondary N) is 1. The van der Waals surface area contributed by atoms with E-state index in [2.05, 4.69) is 30.1 Å². The Bertz CT molecular complexity index is 448. The first-order valence-corrected chi connectivity index (χ1v) is 7.46. The van der Waals surface area contributed by atoms with Gasteiger partial charge in [0.15, 0.2) is 0 Å². The van der Waals surface area contributed by atoms with Crippen molar-refractivity contribution in [3.05, 3.63) is 29.8 Å². The number of phenolic OH excluding ortho intramolecular Hbond substituents is 1. The first-order valence-electron chi connectivity index (χ1n) is 7.46. The van der Waals surface area contributed by atoms with Gasteiger partial charge in [0.05, 0.1) is 0 Å². The van der Waals surface area contributed by atoms with Crippen molar-refractivity contribution in [2.45, 2.75) is 32.4 Å². The number of phenols is 1. The molecule has 0 saturated carbocycles. The molecule has 2 fully saturated rings. The third-order valence-corrected chi connectivity index (χ3v) is 5.03. The molecule has 2 aliphatic rings. The van der Waals surface area contributed by atoms with Crippen LogP contribution in [0.4, 0.5) is 0 Å². The number of benzene rings is 1. The maximum Gasteiger partial charge on any atom is 0.115 e. The molecule has 1 aromatic rings. The molecular formula is C16H24N2O. The second-order valence-corrected chi connectivity index (χ2v) is 6.03. The fourth-order valence-corrected chi connectivity index (χ4v) is 4.01.